The van der Waals surface area contributed by atoms with Gasteiger partial charge in [-0.15, -0.1) is 0 Å². The minimum atomic E-state index is -1.54. The van der Waals surface area contributed by atoms with Gasteiger partial charge in [-0.05, 0) is 6.42 Å². The number of aliphatic hydroxyl groups is 6. The number of rotatable bonds is 19. The van der Waals surface area contributed by atoms with E-state index in [2.05, 4.69) is 6.92 Å². The maximum atomic E-state index is 10.3. The van der Waals surface area contributed by atoms with Crippen molar-refractivity contribution < 1.29 is 40.1 Å². The fraction of sp³-hybridized carbons (Fsp3) is 1.00. The molecule has 9 heteroatoms. The number of nitrogens with two attached hydrogens (primary N) is 1. The summed E-state index contributed by atoms with van der Waals surface area (Å²) >= 11 is 0. The van der Waals surface area contributed by atoms with Crippen molar-refractivity contribution in [2.45, 2.75) is 139 Å². The van der Waals surface area contributed by atoms with Crippen molar-refractivity contribution in [3.05, 3.63) is 0 Å². The van der Waals surface area contributed by atoms with E-state index in [1.54, 1.807) is 0 Å². The molecule has 0 saturated carbocycles. The summed E-state index contributed by atoms with van der Waals surface area (Å²) in [7, 11) is 0. The Morgan fingerprint density at radius 1 is 0.788 bits per heavy atom. The largest absolute Gasteiger partial charge is 0.394 e. The first-order valence-corrected chi connectivity index (χ1v) is 12.9. The average molecular weight is 480 g/mol. The molecule has 0 aliphatic carbocycles. The highest BCUT2D eigenvalue weighted by molar-refractivity contribution is 4.89. The van der Waals surface area contributed by atoms with Crippen LogP contribution < -0.4 is 5.73 Å². The minimum Gasteiger partial charge on any atom is -0.394 e. The monoisotopic (exact) mass is 479 g/mol. The zero-order valence-corrected chi connectivity index (χ0v) is 20.3. The third-order valence-electron chi connectivity index (χ3n) is 6.49. The van der Waals surface area contributed by atoms with Gasteiger partial charge >= 0.3 is 0 Å². The topological polar surface area (TPSA) is 166 Å². The van der Waals surface area contributed by atoms with Crippen molar-refractivity contribution in [3.8, 4) is 0 Å². The van der Waals surface area contributed by atoms with E-state index in [4.69, 9.17) is 15.2 Å². The quantitative estimate of drug-likeness (QED) is 0.133. The molecule has 0 radical (unpaired) electrons. The third kappa shape index (κ3) is 11.7. The summed E-state index contributed by atoms with van der Waals surface area (Å²) in [6.45, 7) is 1.44. The van der Waals surface area contributed by atoms with Crippen LogP contribution >= 0.6 is 0 Å². The van der Waals surface area contributed by atoms with Crippen LogP contribution in [-0.4, -0.2) is 92.8 Å². The van der Waals surface area contributed by atoms with E-state index >= 15 is 0 Å². The molecule has 33 heavy (non-hydrogen) atoms. The summed E-state index contributed by atoms with van der Waals surface area (Å²) in [4.78, 5) is 0. The molecular weight excluding hydrogens is 430 g/mol. The predicted octanol–water partition coefficient (Wildman–Crippen LogP) is 0.943. The molecule has 1 saturated heterocycles. The minimum absolute atomic E-state index is 0.237. The van der Waals surface area contributed by atoms with E-state index in [9.17, 15) is 30.6 Å². The van der Waals surface area contributed by atoms with Gasteiger partial charge in [0, 0.05) is 0 Å². The summed E-state index contributed by atoms with van der Waals surface area (Å²) < 4.78 is 10.6. The zero-order valence-electron chi connectivity index (χ0n) is 20.3. The fourth-order valence-corrected chi connectivity index (χ4v) is 4.16. The number of ether oxygens (including phenoxy) is 2. The van der Waals surface area contributed by atoms with Crippen molar-refractivity contribution >= 4 is 0 Å². The first-order chi connectivity index (χ1) is 15.8. The Hall–Kier alpha value is -0.360. The molecule has 1 rings (SSSR count). The van der Waals surface area contributed by atoms with Crippen molar-refractivity contribution in [2.75, 3.05) is 13.2 Å². The zero-order chi connectivity index (χ0) is 24.6. The van der Waals surface area contributed by atoms with Crippen LogP contribution in [0.25, 0.3) is 0 Å². The van der Waals surface area contributed by atoms with E-state index in [0.29, 0.717) is 6.42 Å². The maximum absolute atomic E-state index is 10.3. The van der Waals surface area contributed by atoms with Crippen LogP contribution in [0.1, 0.15) is 90.4 Å². The molecule has 8 N–H and O–H groups in total. The van der Waals surface area contributed by atoms with Gasteiger partial charge in [0.1, 0.15) is 24.4 Å². The van der Waals surface area contributed by atoms with E-state index in [0.717, 1.165) is 19.3 Å². The van der Waals surface area contributed by atoms with E-state index < -0.39 is 55.6 Å². The van der Waals surface area contributed by atoms with Crippen molar-refractivity contribution in [1.29, 1.82) is 0 Å². The van der Waals surface area contributed by atoms with Crippen LogP contribution in [0.5, 0.6) is 0 Å². The summed E-state index contributed by atoms with van der Waals surface area (Å²) in [5.41, 5.74) is 5.91. The van der Waals surface area contributed by atoms with Gasteiger partial charge in [-0.25, -0.2) is 0 Å². The fourth-order valence-electron chi connectivity index (χ4n) is 4.16. The molecule has 1 fully saturated rings. The molecule has 0 spiro atoms. The molecule has 0 aromatic carbocycles. The van der Waals surface area contributed by atoms with Crippen molar-refractivity contribution in [1.82, 2.24) is 0 Å². The summed E-state index contributed by atoms with van der Waals surface area (Å²) in [5, 5.41) is 59.2. The lowest BCUT2D eigenvalue weighted by Crippen LogP contribution is -2.60. The van der Waals surface area contributed by atoms with Gasteiger partial charge in [0.15, 0.2) is 6.29 Å². The van der Waals surface area contributed by atoms with E-state index in [-0.39, 0.29) is 6.61 Å². The molecule has 198 valence electrons. The SMILES string of the molecule is CCCCCCCCCCCCCCC(O)C(O)C(N)COC1OC(CO)C(O)C(O)C1O. The normalized spacial score (nSPS) is 28.5. The Morgan fingerprint density at radius 2 is 1.30 bits per heavy atom. The highest BCUT2D eigenvalue weighted by Crippen LogP contribution is 2.22. The molecule has 0 aromatic rings. The van der Waals surface area contributed by atoms with Crippen LogP contribution in [0.15, 0.2) is 0 Å². The molecule has 0 aromatic heterocycles. The summed E-state index contributed by atoms with van der Waals surface area (Å²) in [5.74, 6) is 0. The molecule has 1 aliphatic heterocycles. The summed E-state index contributed by atoms with van der Waals surface area (Å²) in [6, 6.07) is -0.926. The lowest BCUT2D eigenvalue weighted by molar-refractivity contribution is -0.302. The second kappa shape index (κ2) is 18.0. The third-order valence-corrected chi connectivity index (χ3v) is 6.49. The lowest BCUT2D eigenvalue weighted by atomic mass is 9.99. The number of hydrogen-bond donors (Lipinski definition) is 7. The first kappa shape index (κ1) is 30.7. The van der Waals surface area contributed by atoms with Crippen molar-refractivity contribution in [3.63, 3.8) is 0 Å². The van der Waals surface area contributed by atoms with Gasteiger partial charge in [0.2, 0.25) is 0 Å². The van der Waals surface area contributed by atoms with Gasteiger partial charge in [-0.1, -0.05) is 84.0 Å². The highest BCUT2D eigenvalue weighted by atomic mass is 16.7. The van der Waals surface area contributed by atoms with Gasteiger partial charge in [0.25, 0.3) is 0 Å². The Labute approximate surface area is 198 Å². The molecule has 8 atom stereocenters. The van der Waals surface area contributed by atoms with Gasteiger partial charge < -0.3 is 45.8 Å². The predicted molar refractivity (Wildman–Crippen MR) is 125 cm³/mol. The Bertz CT molecular complexity index is 470. The Balaban J connectivity index is 2.12. The van der Waals surface area contributed by atoms with E-state index in [1.165, 1.54) is 57.8 Å². The maximum Gasteiger partial charge on any atom is 0.186 e. The molecule has 0 bridgehead atoms. The molecule has 1 aliphatic rings. The second-order valence-electron chi connectivity index (χ2n) is 9.43. The van der Waals surface area contributed by atoms with Crippen LogP contribution in [0, 0.1) is 0 Å². The molecule has 1 heterocycles. The first-order valence-electron chi connectivity index (χ1n) is 12.9. The molecule has 8 unspecified atom stereocenters. The van der Waals surface area contributed by atoms with Gasteiger partial charge in [-0.2, -0.15) is 0 Å². The summed E-state index contributed by atoms with van der Waals surface area (Å²) in [6.07, 6.45) is 5.95. The van der Waals surface area contributed by atoms with Crippen molar-refractivity contribution in [2.24, 2.45) is 5.73 Å². The number of hydrogen-bond acceptors (Lipinski definition) is 9. The number of aliphatic hydroxyl groups excluding tert-OH is 6. The Morgan fingerprint density at radius 3 is 1.82 bits per heavy atom. The average Bonchev–Trinajstić information content (AvgIpc) is 2.82. The smallest absolute Gasteiger partial charge is 0.186 e. The van der Waals surface area contributed by atoms with Gasteiger partial charge in [0.05, 0.1) is 31.5 Å². The highest BCUT2D eigenvalue weighted by Gasteiger charge is 2.44. The van der Waals surface area contributed by atoms with E-state index in [1.807, 2.05) is 0 Å². The van der Waals surface area contributed by atoms with Crippen LogP contribution in [0.4, 0.5) is 0 Å². The molecule has 9 nitrogen and oxygen atoms in total. The number of unbranched alkanes of at least 4 members (excludes halogenated alkanes) is 11. The second-order valence-corrected chi connectivity index (χ2v) is 9.43. The van der Waals surface area contributed by atoms with Crippen LogP contribution in [-0.2, 0) is 9.47 Å². The molecular formula is C24H49NO8. The van der Waals surface area contributed by atoms with Crippen LogP contribution in [0.2, 0.25) is 0 Å². The van der Waals surface area contributed by atoms with Crippen LogP contribution in [0.3, 0.4) is 0 Å². The Kier molecular flexibility index (Phi) is 16.7. The van der Waals surface area contributed by atoms with Gasteiger partial charge in [-0.3, -0.25) is 0 Å². The lowest BCUT2D eigenvalue weighted by Gasteiger charge is -2.40. The standard InChI is InChI=1S/C24H49NO8/c1-2-3-4-5-6-7-8-9-10-11-12-13-14-18(27)20(28)17(25)16-32-24-23(31)22(30)21(29)19(15-26)33-24/h17-24,26-31H,2-16,25H2,1H3. The molecule has 0 amide bonds.